The summed E-state index contributed by atoms with van der Waals surface area (Å²) in [4.78, 5) is 18.2. The fraction of sp³-hybridized carbons (Fsp3) is 0.300. The molecule has 196 valence electrons. The van der Waals surface area contributed by atoms with Crippen LogP contribution in [0.4, 0.5) is 4.39 Å². The highest BCUT2D eigenvalue weighted by Crippen LogP contribution is 2.42. The van der Waals surface area contributed by atoms with E-state index in [-0.39, 0.29) is 5.56 Å². The molecule has 0 N–H and O–H groups in total. The van der Waals surface area contributed by atoms with E-state index in [2.05, 4.69) is 36.0 Å². The van der Waals surface area contributed by atoms with Gasteiger partial charge in [0.25, 0.3) is 5.56 Å². The smallest absolute Gasteiger partial charge is 0.255 e. The second-order valence-electron chi connectivity index (χ2n) is 10.6. The average Bonchev–Trinajstić information content (AvgIpc) is 2.88. The largest absolute Gasteiger partial charge is 0.306 e. The minimum absolute atomic E-state index is 0.240. The minimum Gasteiger partial charge on any atom is -0.306 e. The first-order chi connectivity index (χ1) is 18.2. The topological polar surface area (TPSA) is 28.5 Å². The number of nitrogens with zero attached hydrogens (tertiary/aromatic N) is 3. The van der Waals surface area contributed by atoms with E-state index in [0.29, 0.717) is 50.0 Å². The highest BCUT2D eigenvalue weighted by Gasteiger charge is 2.45. The van der Waals surface area contributed by atoms with Gasteiger partial charge < -0.3 is 4.90 Å². The average molecular weight is 571 g/mol. The zero-order valence-corrected chi connectivity index (χ0v) is 23.4. The molecule has 4 aromatic rings. The monoisotopic (exact) mass is 569 g/mol. The third kappa shape index (κ3) is 4.44. The molecular formula is C30H27Cl3FN3O. The third-order valence-electron chi connectivity index (χ3n) is 8.12. The Balaban J connectivity index is 1.54. The Morgan fingerprint density at radius 1 is 0.868 bits per heavy atom. The Morgan fingerprint density at radius 2 is 1.58 bits per heavy atom. The molecule has 2 aliphatic heterocycles. The van der Waals surface area contributed by atoms with Crippen LogP contribution in [0.15, 0.2) is 65.5 Å². The Bertz CT molecular complexity index is 1590. The van der Waals surface area contributed by atoms with Crippen LogP contribution < -0.4 is 5.56 Å². The van der Waals surface area contributed by atoms with Gasteiger partial charge in [0.2, 0.25) is 0 Å². The lowest BCUT2D eigenvalue weighted by Crippen LogP contribution is -2.63. The maximum Gasteiger partial charge on any atom is 0.255 e. The van der Waals surface area contributed by atoms with Crippen LogP contribution in [0, 0.1) is 5.82 Å². The van der Waals surface area contributed by atoms with Crippen molar-refractivity contribution in [2.24, 2.45) is 0 Å². The van der Waals surface area contributed by atoms with E-state index in [1.807, 2.05) is 0 Å². The number of rotatable bonds is 5. The van der Waals surface area contributed by atoms with Crippen molar-refractivity contribution in [1.82, 2.24) is 14.4 Å². The summed E-state index contributed by atoms with van der Waals surface area (Å²) < 4.78 is 15.5. The molecule has 2 saturated heterocycles. The zero-order chi connectivity index (χ0) is 26.7. The first-order valence-electron chi connectivity index (χ1n) is 12.7. The molecule has 3 fully saturated rings. The van der Waals surface area contributed by atoms with Gasteiger partial charge in [0.05, 0.1) is 26.3 Å². The van der Waals surface area contributed by atoms with Crippen molar-refractivity contribution in [3.8, 4) is 16.8 Å². The molecule has 2 atom stereocenters. The fourth-order valence-corrected chi connectivity index (χ4v) is 7.02. The van der Waals surface area contributed by atoms with E-state index in [0.717, 1.165) is 35.9 Å². The van der Waals surface area contributed by atoms with Crippen molar-refractivity contribution < 1.29 is 4.39 Å². The van der Waals surface area contributed by atoms with Crippen molar-refractivity contribution in [3.63, 3.8) is 0 Å². The first kappa shape index (κ1) is 25.8. The summed E-state index contributed by atoms with van der Waals surface area (Å²) in [7, 11) is 4.31. The van der Waals surface area contributed by atoms with Crippen molar-refractivity contribution in [3.05, 3.63) is 97.5 Å². The van der Waals surface area contributed by atoms with Gasteiger partial charge in [-0.3, -0.25) is 14.3 Å². The summed E-state index contributed by atoms with van der Waals surface area (Å²) in [5.41, 5.74) is 3.46. The quantitative estimate of drug-likeness (QED) is 0.250. The summed E-state index contributed by atoms with van der Waals surface area (Å²) in [5, 5.41) is 1.87. The number of fused-ring (bicyclic) bond motifs is 3. The second kappa shape index (κ2) is 9.96. The van der Waals surface area contributed by atoms with E-state index in [1.165, 1.54) is 24.6 Å². The van der Waals surface area contributed by atoms with Gasteiger partial charge in [0.1, 0.15) is 5.82 Å². The molecule has 1 saturated carbocycles. The van der Waals surface area contributed by atoms with Crippen LogP contribution in [0.2, 0.25) is 15.1 Å². The van der Waals surface area contributed by atoms with Gasteiger partial charge in [-0.1, -0.05) is 40.9 Å². The summed E-state index contributed by atoms with van der Waals surface area (Å²) in [5.74, 6) is -0.400. The number of aromatic nitrogens is 1. The molecule has 8 heteroatoms. The third-order valence-corrected chi connectivity index (χ3v) is 9.04. The molecule has 38 heavy (non-hydrogen) atoms. The lowest BCUT2D eigenvalue weighted by Gasteiger charge is -2.56. The maximum atomic E-state index is 14.0. The predicted octanol–water partition coefficient (Wildman–Crippen LogP) is 7.42. The standard InChI is InChI=1S/C30H27Cl3FN3O/c1-35(2)19-13-20-15-21(14-19)36(20)16-17-10-24(22-7-6-18(34)12-27(22)33)23-8-9-29(38)37(28(23)11-17)30-25(31)4-3-5-26(30)32/h3-12,19-21H,13-16H2,1-2H3. The molecule has 0 amide bonds. The lowest BCUT2D eigenvalue weighted by atomic mass is 9.76. The highest BCUT2D eigenvalue weighted by atomic mass is 35.5. The molecule has 2 unspecified atom stereocenters. The molecule has 7 rings (SSSR count). The summed E-state index contributed by atoms with van der Waals surface area (Å²) in [6, 6.07) is 18.7. The number of para-hydroxylation sites is 1. The molecule has 1 aliphatic carbocycles. The van der Waals surface area contributed by atoms with Gasteiger partial charge in [0.15, 0.2) is 0 Å². The fourth-order valence-electron chi connectivity index (χ4n) is 6.18. The Morgan fingerprint density at radius 3 is 2.24 bits per heavy atom. The Labute approximate surface area is 236 Å². The molecule has 3 aliphatic rings. The second-order valence-corrected chi connectivity index (χ2v) is 11.8. The molecule has 3 heterocycles. The van der Waals surface area contributed by atoms with Crippen LogP contribution in [0.1, 0.15) is 24.8 Å². The minimum atomic E-state index is -0.400. The van der Waals surface area contributed by atoms with Crippen LogP contribution in [-0.2, 0) is 6.54 Å². The lowest BCUT2D eigenvalue weighted by molar-refractivity contribution is -0.0642. The van der Waals surface area contributed by atoms with Crippen LogP contribution >= 0.6 is 34.8 Å². The summed E-state index contributed by atoms with van der Waals surface area (Å²) >= 11 is 19.7. The van der Waals surface area contributed by atoms with Gasteiger partial charge in [-0.05, 0) is 93.0 Å². The molecule has 1 aromatic heterocycles. The number of benzene rings is 3. The molecule has 2 bridgehead atoms. The molecule has 4 nitrogen and oxygen atoms in total. The van der Waals surface area contributed by atoms with Crippen LogP contribution in [0.3, 0.4) is 0 Å². The number of pyridine rings is 1. The maximum absolute atomic E-state index is 14.0. The number of hydrogen-bond acceptors (Lipinski definition) is 3. The molecule has 0 spiro atoms. The number of halogens is 4. The SMILES string of the molecule is CN(C)C1CC2CC(C1)N2Cc1cc(-c2ccc(F)cc2Cl)c2ccc(=O)n(-c3c(Cl)cccc3Cl)c2c1. The number of hydrogen-bond donors (Lipinski definition) is 0. The Kier molecular flexibility index (Phi) is 6.78. The van der Waals surface area contributed by atoms with Gasteiger partial charge >= 0.3 is 0 Å². The summed E-state index contributed by atoms with van der Waals surface area (Å²) in [6.07, 6.45) is 3.51. The van der Waals surface area contributed by atoms with Crippen molar-refractivity contribution in [2.45, 2.75) is 43.9 Å². The summed E-state index contributed by atoms with van der Waals surface area (Å²) in [6.45, 7) is 0.747. The van der Waals surface area contributed by atoms with Crippen molar-refractivity contribution in [1.29, 1.82) is 0 Å². The van der Waals surface area contributed by atoms with Gasteiger partial charge in [0, 0.05) is 41.7 Å². The van der Waals surface area contributed by atoms with Crippen LogP contribution in [0.5, 0.6) is 0 Å². The molecular weight excluding hydrogens is 544 g/mol. The van der Waals surface area contributed by atoms with Crippen molar-refractivity contribution >= 4 is 45.7 Å². The molecule has 0 radical (unpaired) electrons. The van der Waals surface area contributed by atoms with Gasteiger partial charge in [-0.15, -0.1) is 0 Å². The van der Waals surface area contributed by atoms with E-state index >= 15 is 0 Å². The number of piperidine rings is 1. The van der Waals surface area contributed by atoms with Crippen LogP contribution in [-0.4, -0.2) is 46.6 Å². The first-order valence-corrected chi connectivity index (χ1v) is 13.9. The van der Waals surface area contributed by atoms with E-state index in [4.69, 9.17) is 34.8 Å². The van der Waals surface area contributed by atoms with Gasteiger partial charge in [-0.25, -0.2) is 4.39 Å². The predicted molar refractivity (Wildman–Crippen MR) is 154 cm³/mol. The van der Waals surface area contributed by atoms with E-state index in [9.17, 15) is 9.18 Å². The van der Waals surface area contributed by atoms with Crippen molar-refractivity contribution in [2.75, 3.05) is 14.1 Å². The van der Waals surface area contributed by atoms with Crippen LogP contribution in [0.25, 0.3) is 27.7 Å². The normalized spacial score (nSPS) is 21.2. The highest BCUT2D eigenvalue weighted by molar-refractivity contribution is 6.38. The Hall–Kier alpha value is -2.41. The zero-order valence-electron chi connectivity index (χ0n) is 21.1. The molecule has 3 aromatic carbocycles. The van der Waals surface area contributed by atoms with Gasteiger partial charge in [-0.2, -0.15) is 0 Å². The van der Waals surface area contributed by atoms with E-state index < -0.39 is 5.82 Å². The van der Waals surface area contributed by atoms with E-state index in [1.54, 1.807) is 34.9 Å².